The van der Waals surface area contributed by atoms with E-state index >= 15 is 0 Å². The van der Waals surface area contributed by atoms with Gasteiger partial charge in [-0.05, 0) is 15.8 Å². The molecule has 0 aromatic carbocycles. The Morgan fingerprint density at radius 1 is 1.00 bits per heavy atom. The maximum atomic E-state index is 2.53. The summed E-state index contributed by atoms with van der Waals surface area (Å²) in [4.78, 5) is 0. The molecule has 0 rings (SSSR count). The first-order chi connectivity index (χ1) is 4.33. The van der Waals surface area contributed by atoms with Crippen molar-refractivity contribution in [1.82, 2.24) is 0 Å². The van der Waals surface area contributed by atoms with Gasteiger partial charge in [-0.2, -0.15) is 0 Å². The van der Waals surface area contributed by atoms with E-state index in [-0.39, 0.29) is 15.8 Å². The lowest BCUT2D eigenvalue weighted by Crippen LogP contribution is -2.26. The third-order valence-electron chi connectivity index (χ3n) is 1.65. The molecular weight excluding hydrogens is 168 g/mol. The maximum absolute atomic E-state index is 2.53. The van der Waals surface area contributed by atoms with E-state index in [0.29, 0.717) is 0 Å². The van der Waals surface area contributed by atoms with Crippen molar-refractivity contribution >= 4 is 23.9 Å². The van der Waals surface area contributed by atoms with Gasteiger partial charge in [0.05, 0.1) is 0 Å². The fourth-order valence-corrected chi connectivity index (χ4v) is 16.7. The largest absolute Gasteiger partial charge is 0.0696 e. The molecule has 0 bridgehead atoms. The van der Waals surface area contributed by atoms with E-state index in [0.717, 1.165) is 0 Å². The zero-order valence-corrected chi connectivity index (χ0v) is 11.2. The zero-order valence-electron chi connectivity index (χ0n) is 8.21. The van der Waals surface area contributed by atoms with Gasteiger partial charge in [0, 0.05) is 8.07 Å². The average molecular weight is 188 g/mol. The van der Waals surface area contributed by atoms with Gasteiger partial charge in [0.15, 0.2) is 0 Å². The second-order valence-electron chi connectivity index (χ2n) is 4.52. The summed E-state index contributed by atoms with van der Waals surface area (Å²) in [5.74, 6) is 0. The van der Waals surface area contributed by atoms with Crippen molar-refractivity contribution in [3.8, 4) is 0 Å². The molecule has 0 unspecified atom stereocenters. The van der Waals surface area contributed by atoms with Crippen LogP contribution in [0.5, 0.6) is 0 Å². The molecule has 0 radical (unpaired) electrons. The Hall–Kier alpha value is 0.651. The highest BCUT2D eigenvalue weighted by Crippen LogP contribution is 2.07. The second kappa shape index (κ2) is 3.88. The fourth-order valence-electron chi connectivity index (χ4n) is 0.972. The molecule has 10 heavy (non-hydrogen) atoms. The summed E-state index contributed by atoms with van der Waals surface area (Å²) in [7, 11) is -0.521. The zero-order chi connectivity index (χ0) is 8.36. The van der Waals surface area contributed by atoms with Crippen LogP contribution in [0.3, 0.4) is 0 Å². The predicted octanol–water partition coefficient (Wildman–Crippen LogP) is 2.82. The lowest BCUT2D eigenvalue weighted by atomic mass is 11.7. The molecule has 0 aliphatic carbocycles. The third-order valence-corrected chi connectivity index (χ3v) is 16.4. The Bertz CT molecular complexity index is 137. The first-order valence-electron chi connectivity index (χ1n) is 3.96. The highest BCUT2D eigenvalue weighted by molar-refractivity contribution is 7.01. The standard InChI is InChI=1S/C7H20Si3/c1-8(2)9(3)7-10(4,5)6/h7H2,1-6H3. The molecule has 0 amide bonds. The van der Waals surface area contributed by atoms with E-state index < -0.39 is 8.07 Å². The molecule has 0 heterocycles. The Morgan fingerprint density at radius 3 is 1.50 bits per heavy atom. The molecule has 0 aromatic heterocycles. The summed E-state index contributed by atoms with van der Waals surface area (Å²) < 4.78 is 0. The molecule has 0 fully saturated rings. The number of rotatable bonds is 2. The molecule has 0 aliphatic heterocycles. The van der Waals surface area contributed by atoms with Crippen LogP contribution < -0.4 is 0 Å². The summed E-state index contributed by atoms with van der Waals surface area (Å²) in [6.07, 6.45) is 0. The Balaban J connectivity index is 4.06. The van der Waals surface area contributed by atoms with Gasteiger partial charge < -0.3 is 0 Å². The van der Waals surface area contributed by atoms with Crippen molar-refractivity contribution in [2.75, 3.05) is 0 Å². The molecule has 0 spiro atoms. The van der Waals surface area contributed by atoms with E-state index in [1.807, 2.05) is 0 Å². The molecule has 0 saturated carbocycles. The van der Waals surface area contributed by atoms with Crippen molar-refractivity contribution in [3.63, 3.8) is 0 Å². The van der Waals surface area contributed by atoms with E-state index in [1.165, 1.54) is 0 Å². The molecule has 0 saturated heterocycles. The van der Waals surface area contributed by atoms with E-state index in [1.54, 1.807) is 5.67 Å². The third kappa shape index (κ3) is 5.44. The highest BCUT2D eigenvalue weighted by Gasteiger charge is 2.13. The van der Waals surface area contributed by atoms with Crippen LogP contribution >= 0.6 is 0 Å². The van der Waals surface area contributed by atoms with Gasteiger partial charge in [-0.15, -0.1) is 0 Å². The number of hydrogen-bond acceptors (Lipinski definition) is 0. The van der Waals surface area contributed by atoms with Crippen LogP contribution in [0.4, 0.5) is 0 Å². The van der Waals surface area contributed by atoms with E-state index in [2.05, 4.69) is 39.3 Å². The van der Waals surface area contributed by atoms with Crippen LogP contribution in [-0.2, 0) is 0 Å². The summed E-state index contributed by atoms with van der Waals surface area (Å²) in [5, 5.41) is 0. The Morgan fingerprint density at radius 2 is 1.40 bits per heavy atom. The first-order valence-corrected chi connectivity index (χ1v) is 13.4. The molecule has 60 valence electrons. The summed E-state index contributed by atoms with van der Waals surface area (Å²) in [6.45, 7) is 14.9. The molecule has 0 nitrogen and oxygen atoms in total. The van der Waals surface area contributed by atoms with Gasteiger partial charge in [-0.1, -0.05) is 44.9 Å². The van der Waals surface area contributed by atoms with Crippen LogP contribution in [0.15, 0.2) is 0 Å². The van der Waals surface area contributed by atoms with Gasteiger partial charge in [0.25, 0.3) is 0 Å². The van der Waals surface area contributed by atoms with Gasteiger partial charge in [-0.3, -0.25) is 0 Å². The lowest BCUT2D eigenvalue weighted by molar-refractivity contribution is 1.62. The fraction of sp³-hybridized carbons (Fsp3) is 1.00. The Labute approximate surface area is 69.2 Å². The van der Waals surface area contributed by atoms with Crippen LogP contribution in [0, 0.1) is 0 Å². The van der Waals surface area contributed by atoms with Crippen LogP contribution in [0.2, 0.25) is 44.9 Å². The van der Waals surface area contributed by atoms with Gasteiger partial charge in [-0.25, -0.2) is 0 Å². The average Bonchev–Trinajstić information content (AvgIpc) is 1.60. The van der Waals surface area contributed by atoms with E-state index in [4.69, 9.17) is 0 Å². The van der Waals surface area contributed by atoms with Crippen molar-refractivity contribution in [2.45, 2.75) is 44.9 Å². The SMILES string of the molecule is C[Si](C)=[Si](C)C[Si](C)(C)C. The molecule has 0 atom stereocenters. The van der Waals surface area contributed by atoms with Crippen molar-refractivity contribution < 1.29 is 0 Å². The van der Waals surface area contributed by atoms with Crippen LogP contribution in [0.25, 0.3) is 0 Å². The van der Waals surface area contributed by atoms with Gasteiger partial charge >= 0.3 is 0 Å². The normalized spacial score (nSPS) is 11.4. The minimum atomic E-state index is -0.712. The van der Waals surface area contributed by atoms with Crippen molar-refractivity contribution in [2.24, 2.45) is 0 Å². The predicted molar refractivity (Wildman–Crippen MR) is 57.3 cm³/mol. The number of hydrogen-bond donors (Lipinski definition) is 0. The van der Waals surface area contributed by atoms with Crippen LogP contribution in [-0.4, -0.2) is 23.9 Å². The molecule has 0 aliphatic rings. The first kappa shape index (κ1) is 10.7. The van der Waals surface area contributed by atoms with Gasteiger partial charge in [0.2, 0.25) is 0 Å². The lowest BCUT2D eigenvalue weighted by Gasteiger charge is -2.16. The van der Waals surface area contributed by atoms with Gasteiger partial charge in [0.1, 0.15) is 0 Å². The smallest absolute Gasteiger partial charge is 0.0444 e. The molecule has 0 aromatic rings. The molecule has 0 N–H and O–H groups in total. The monoisotopic (exact) mass is 188 g/mol. The van der Waals surface area contributed by atoms with Crippen molar-refractivity contribution in [1.29, 1.82) is 0 Å². The van der Waals surface area contributed by atoms with E-state index in [9.17, 15) is 0 Å². The topological polar surface area (TPSA) is 0 Å². The summed E-state index contributed by atoms with van der Waals surface area (Å²) in [6, 6.07) is 0. The minimum absolute atomic E-state index is 0.0913. The van der Waals surface area contributed by atoms with Crippen molar-refractivity contribution in [3.05, 3.63) is 0 Å². The maximum Gasteiger partial charge on any atom is 0.0444 e. The molecular formula is C7H20Si3. The Kier molecular flexibility index (Phi) is 4.13. The molecule has 3 heteroatoms. The van der Waals surface area contributed by atoms with Crippen LogP contribution in [0.1, 0.15) is 0 Å². The summed E-state index contributed by atoms with van der Waals surface area (Å²) in [5.41, 5.74) is 1.62. The quantitative estimate of drug-likeness (QED) is 0.585. The summed E-state index contributed by atoms with van der Waals surface area (Å²) >= 11 is 0. The minimum Gasteiger partial charge on any atom is -0.0696 e. The second-order valence-corrected chi connectivity index (χ2v) is 20.2. The highest BCUT2D eigenvalue weighted by atomic mass is 28.9.